The fourth-order valence-electron chi connectivity index (χ4n) is 5.24. The Morgan fingerprint density at radius 2 is 1.90 bits per heavy atom. The maximum Gasteiger partial charge on any atom is 0.249 e. The molecule has 0 spiro atoms. The van der Waals surface area contributed by atoms with Crippen LogP contribution in [0.1, 0.15) is 42.9 Å². The topological polar surface area (TPSA) is 94.9 Å². The maximum atomic E-state index is 13.9. The Morgan fingerprint density at radius 3 is 2.52 bits per heavy atom. The zero-order valence-electron chi connectivity index (χ0n) is 21.9. The number of piperidine rings is 1. The first-order valence-corrected chi connectivity index (χ1v) is 13.8. The predicted octanol–water partition coefficient (Wildman–Crippen LogP) is 5.32. The summed E-state index contributed by atoms with van der Waals surface area (Å²) in [6.45, 7) is 0.775. The highest BCUT2D eigenvalue weighted by molar-refractivity contribution is 7.99. The largest absolute Gasteiger partial charge is 0.497 e. The van der Waals surface area contributed by atoms with Gasteiger partial charge in [0.05, 0.1) is 24.1 Å². The van der Waals surface area contributed by atoms with E-state index in [1.807, 2.05) is 0 Å². The number of hydrogen-bond acceptors (Lipinski definition) is 7. The number of benzene rings is 2. The van der Waals surface area contributed by atoms with Crippen LogP contribution < -0.4 is 10.2 Å². The van der Waals surface area contributed by atoms with Crippen molar-refractivity contribution >= 4 is 28.6 Å². The summed E-state index contributed by atoms with van der Waals surface area (Å²) in [5.41, 5.74) is 2.05. The van der Waals surface area contributed by atoms with Gasteiger partial charge in [-0.1, -0.05) is 0 Å². The molecule has 1 saturated heterocycles. The number of nitrogens with zero attached hydrogens (tertiary/aromatic N) is 2. The van der Waals surface area contributed by atoms with Gasteiger partial charge in [-0.3, -0.25) is 15.0 Å². The van der Waals surface area contributed by atoms with E-state index in [0.29, 0.717) is 60.4 Å². The standard InChI is InChI=1S/C28H31F4N3O4S/c1-39-18-2-3-23-20(12-18)25(17(15-29)16-33-23)24(36)4-5-28(27(37)34-38)6-8-35(9-7-28)10-11-40-19-13-21(30)26(32)22(31)14-19/h2-3,12-14,16,24,36,38H,4-11,15H2,1H3,(H,34,37)/t24-/m1/s1. The summed E-state index contributed by atoms with van der Waals surface area (Å²) >= 11 is 1.20. The fourth-order valence-corrected chi connectivity index (χ4v) is 6.20. The first-order chi connectivity index (χ1) is 19.2. The lowest BCUT2D eigenvalue weighted by atomic mass is 9.73. The van der Waals surface area contributed by atoms with Gasteiger partial charge in [-0.25, -0.2) is 23.0 Å². The van der Waals surface area contributed by atoms with E-state index in [4.69, 9.17) is 4.74 Å². The lowest BCUT2D eigenvalue weighted by Gasteiger charge is -2.40. The summed E-state index contributed by atoms with van der Waals surface area (Å²) < 4.78 is 59.3. The first-order valence-electron chi connectivity index (χ1n) is 12.8. The quantitative estimate of drug-likeness (QED) is 0.0928. The number of aromatic nitrogens is 1. The van der Waals surface area contributed by atoms with E-state index in [1.54, 1.807) is 23.7 Å². The highest BCUT2D eigenvalue weighted by atomic mass is 32.2. The molecule has 1 aliphatic heterocycles. The van der Waals surface area contributed by atoms with Gasteiger partial charge in [-0.2, -0.15) is 0 Å². The number of rotatable bonds is 11. The van der Waals surface area contributed by atoms with Crippen molar-refractivity contribution in [2.45, 2.75) is 43.4 Å². The highest BCUT2D eigenvalue weighted by Gasteiger charge is 2.41. The molecule has 2 heterocycles. The molecule has 0 saturated carbocycles. The van der Waals surface area contributed by atoms with Gasteiger partial charge in [0.1, 0.15) is 12.4 Å². The molecule has 3 aromatic rings. The van der Waals surface area contributed by atoms with Gasteiger partial charge in [-0.15, -0.1) is 11.8 Å². The van der Waals surface area contributed by atoms with E-state index in [0.717, 1.165) is 12.1 Å². The number of fused-ring (bicyclic) bond motifs is 1. The highest BCUT2D eigenvalue weighted by Crippen LogP contribution is 2.40. The number of nitrogens with one attached hydrogen (secondary N) is 1. The molecule has 0 bridgehead atoms. The normalized spacial score (nSPS) is 16.2. The molecule has 1 fully saturated rings. The Balaban J connectivity index is 1.41. The number of aliphatic hydroxyl groups excluding tert-OH is 1. The molecular formula is C28H31F4N3O4S. The van der Waals surface area contributed by atoms with E-state index in [1.165, 1.54) is 25.1 Å². The number of methoxy groups -OCH3 is 1. The molecule has 1 amide bonds. The Labute approximate surface area is 233 Å². The third kappa shape index (κ3) is 6.51. The average Bonchev–Trinajstić information content (AvgIpc) is 2.97. The smallest absolute Gasteiger partial charge is 0.249 e. The Morgan fingerprint density at radius 1 is 1.20 bits per heavy atom. The van der Waals surface area contributed by atoms with Crippen molar-refractivity contribution in [3.63, 3.8) is 0 Å². The fraction of sp³-hybridized carbons (Fsp3) is 0.429. The average molecular weight is 582 g/mol. The molecule has 216 valence electrons. The summed E-state index contributed by atoms with van der Waals surface area (Å²) in [4.78, 5) is 19.4. The molecule has 1 aromatic heterocycles. The molecule has 1 aliphatic rings. The van der Waals surface area contributed by atoms with Crippen molar-refractivity contribution in [3.05, 3.63) is 65.1 Å². The maximum absolute atomic E-state index is 13.9. The molecule has 0 aliphatic carbocycles. The Kier molecular flexibility index (Phi) is 9.88. The van der Waals surface area contributed by atoms with E-state index in [2.05, 4.69) is 9.88 Å². The monoisotopic (exact) mass is 581 g/mol. The zero-order valence-corrected chi connectivity index (χ0v) is 22.7. The van der Waals surface area contributed by atoms with E-state index >= 15 is 0 Å². The van der Waals surface area contributed by atoms with Crippen LogP contribution in [-0.4, -0.2) is 58.6 Å². The lowest BCUT2D eigenvalue weighted by Crippen LogP contribution is -2.48. The van der Waals surface area contributed by atoms with E-state index in [9.17, 15) is 32.7 Å². The van der Waals surface area contributed by atoms with Gasteiger partial charge in [0, 0.05) is 34.3 Å². The summed E-state index contributed by atoms with van der Waals surface area (Å²) in [6, 6.07) is 7.06. The number of hydroxylamine groups is 1. The number of likely N-dealkylation sites (tertiary alicyclic amines) is 1. The van der Waals surface area contributed by atoms with Crippen LogP contribution in [-0.2, 0) is 11.5 Å². The molecule has 7 nitrogen and oxygen atoms in total. The van der Waals surface area contributed by atoms with Crippen molar-refractivity contribution in [2.24, 2.45) is 5.41 Å². The number of aliphatic hydroxyl groups is 1. The molecule has 4 rings (SSSR count). The summed E-state index contributed by atoms with van der Waals surface area (Å²) in [6.07, 6.45) is 1.51. The van der Waals surface area contributed by atoms with Crippen molar-refractivity contribution in [2.75, 3.05) is 32.5 Å². The minimum Gasteiger partial charge on any atom is -0.497 e. The summed E-state index contributed by atoms with van der Waals surface area (Å²) in [5.74, 6) is -3.48. The second-order valence-corrected chi connectivity index (χ2v) is 11.0. The number of carbonyl (C=O) groups excluding carboxylic acids is 1. The van der Waals surface area contributed by atoms with Crippen LogP contribution in [0.15, 0.2) is 41.4 Å². The van der Waals surface area contributed by atoms with Crippen LogP contribution in [0.5, 0.6) is 5.75 Å². The molecule has 12 heteroatoms. The second-order valence-electron chi connectivity index (χ2n) is 9.88. The molecular weight excluding hydrogens is 550 g/mol. The van der Waals surface area contributed by atoms with Crippen LogP contribution in [0.3, 0.4) is 0 Å². The van der Waals surface area contributed by atoms with Gasteiger partial charge in [0.2, 0.25) is 5.91 Å². The SMILES string of the molecule is COc1ccc2ncc(CF)c([C@H](O)CCC3(C(=O)NO)CCN(CCSc4cc(F)c(F)c(F)c4)CC3)c2c1. The summed E-state index contributed by atoms with van der Waals surface area (Å²) in [5, 5.41) is 21.2. The number of halogens is 4. The van der Waals surface area contributed by atoms with Crippen LogP contribution in [0.2, 0.25) is 0 Å². The lowest BCUT2D eigenvalue weighted by molar-refractivity contribution is -0.143. The minimum atomic E-state index is -1.50. The number of pyridine rings is 1. The zero-order chi connectivity index (χ0) is 28.9. The molecule has 3 N–H and O–H groups in total. The Hall–Kier alpha value is -2.93. The van der Waals surface area contributed by atoms with Crippen LogP contribution >= 0.6 is 11.8 Å². The van der Waals surface area contributed by atoms with Crippen LogP contribution in [0.25, 0.3) is 10.9 Å². The van der Waals surface area contributed by atoms with Crippen molar-refractivity contribution in [1.29, 1.82) is 0 Å². The van der Waals surface area contributed by atoms with E-state index < -0.39 is 41.6 Å². The Bertz CT molecular complexity index is 1330. The summed E-state index contributed by atoms with van der Waals surface area (Å²) in [7, 11) is 1.51. The van der Waals surface area contributed by atoms with Crippen LogP contribution in [0.4, 0.5) is 17.6 Å². The third-order valence-electron chi connectivity index (χ3n) is 7.60. The first kappa shape index (κ1) is 30.0. The second kappa shape index (κ2) is 13.2. The van der Waals surface area contributed by atoms with E-state index in [-0.39, 0.29) is 23.3 Å². The van der Waals surface area contributed by atoms with Crippen molar-refractivity contribution in [3.8, 4) is 5.75 Å². The van der Waals surface area contributed by atoms with Gasteiger partial charge in [0.15, 0.2) is 17.5 Å². The van der Waals surface area contributed by atoms with Crippen LogP contribution in [0, 0.1) is 22.9 Å². The third-order valence-corrected chi connectivity index (χ3v) is 8.56. The molecule has 2 aromatic carbocycles. The number of hydrogen-bond donors (Lipinski definition) is 3. The molecule has 40 heavy (non-hydrogen) atoms. The van der Waals surface area contributed by atoms with Gasteiger partial charge in [-0.05, 0) is 74.7 Å². The minimum absolute atomic E-state index is 0.147. The molecule has 1 atom stereocenters. The van der Waals surface area contributed by atoms with Gasteiger partial charge < -0.3 is 14.7 Å². The number of ether oxygens (including phenoxy) is 1. The number of alkyl halides is 1. The van der Waals surface area contributed by atoms with Gasteiger partial charge >= 0.3 is 0 Å². The number of amides is 1. The number of thioether (sulfide) groups is 1. The molecule has 0 unspecified atom stereocenters. The van der Waals surface area contributed by atoms with Gasteiger partial charge in [0.25, 0.3) is 0 Å². The molecule has 0 radical (unpaired) electrons. The van der Waals surface area contributed by atoms with Crippen molar-refractivity contribution < 1.29 is 37.4 Å². The predicted molar refractivity (Wildman–Crippen MR) is 142 cm³/mol. The number of carbonyl (C=O) groups is 1. The van der Waals surface area contributed by atoms with Crippen molar-refractivity contribution in [1.82, 2.24) is 15.4 Å².